The summed E-state index contributed by atoms with van der Waals surface area (Å²) >= 11 is 0. The molecule has 7 heteroatoms. The van der Waals surface area contributed by atoms with E-state index in [0.717, 1.165) is 12.1 Å². The molecular formula is C13H14F4N2O. The number of aliphatic hydroxyl groups is 1. The van der Waals surface area contributed by atoms with Crippen LogP contribution in [0.3, 0.4) is 0 Å². The van der Waals surface area contributed by atoms with Crippen LogP contribution in [0.4, 0.5) is 23.2 Å². The Morgan fingerprint density at radius 2 is 1.65 bits per heavy atom. The zero-order valence-corrected chi connectivity index (χ0v) is 10.9. The minimum Gasteiger partial charge on any atom is -0.374 e. The van der Waals surface area contributed by atoms with Gasteiger partial charge in [0.05, 0.1) is 6.07 Å². The van der Waals surface area contributed by atoms with E-state index in [1.165, 1.54) is 13.8 Å². The van der Waals surface area contributed by atoms with Crippen molar-refractivity contribution in [2.24, 2.45) is 0 Å². The third kappa shape index (κ3) is 2.85. The highest BCUT2D eigenvalue weighted by Crippen LogP contribution is 2.37. The molecule has 0 saturated carbocycles. The van der Waals surface area contributed by atoms with Gasteiger partial charge in [0.1, 0.15) is 6.54 Å². The molecule has 1 aromatic rings. The van der Waals surface area contributed by atoms with Crippen molar-refractivity contribution in [3.63, 3.8) is 0 Å². The summed E-state index contributed by atoms with van der Waals surface area (Å²) in [4.78, 5) is 0. The number of hydrogen-bond donors (Lipinski definition) is 2. The van der Waals surface area contributed by atoms with E-state index in [0.29, 0.717) is 16.8 Å². The fourth-order valence-electron chi connectivity index (χ4n) is 1.95. The summed E-state index contributed by atoms with van der Waals surface area (Å²) in [6.07, 6.45) is -7.22. The molecule has 3 nitrogen and oxygen atoms in total. The maximum atomic E-state index is 12.8. The Labute approximate surface area is 113 Å². The number of nitrogens with one attached hydrogen (secondary N) is 1. The number of rotatable bonds is 5. The van der Waals surface area contributed by atoms with Crippen LogP contribution in [0, 0.1) is 25.2 Å². The predicted molar refractivity (Wildman–Crippen MR) is 65.9 cm³/mol. The van der Waals surface area contributed by atoms with Gasteiger partial charge in [-0.3, -0.25) is 0 Å². The van der Waals surface area contributed by atoms with E-state index in [-0.39, 0.29) is 6.54 Å². The zero-order chi connectivity index (χ0) is 15.5. The Morgan fingerprint density at radius 1 is 1.20 bits per heavy atom. The smallest absolute Gasteiger partial charge is 0.276 e. The Hall–Kier alpha value is -1.81. The summed E-state index contributed by atoms with van der Waals surface area (Å²) in [7, 11) is 0. The molecule has 0 aromatic heterocycles. The first-order chi connectivity index (χ1) is 9.25. The van der Waals surface area contributed by atoms with Crippen LogP contribution < -0.4 is 5.32 Å². The van der Waals surface area contributed by atoms with Gasteiger partial charge in [0.25, 0.3) is 12.9 Å². The lowest BCUT2D eigenvalue weighted by molar-refractivity contribution is -0.183. The molecule has 0 atom stereocenters. The minimum atomic E-state index is -3.61. The lowest BCUT2D eigenvalue weighted by Crippen LogP contribution is -2.41. The van der Waals surface area contributed by atoms with Gasteiger partial charge in [-0.2, -0.15) is 5.26 Å². The number of nitrogens with zero attached hydrogens (tertiary/aromatic N) is 1. The molecule has 0 amide bonds. The lowest BCUT2D eigenvalue weighted by Gasteiger charge is -2.28. The Balaban J connectivity index is 3.32. The molecule has 0 unspecified atom stereocenters. The molecule has 0 spiro atoms. The molecule has 1 rings (SSSR count). The van der Waals surface area contributed by atoms with Crippen molar-refractivity contribution in [2.45, 2.75) is 32.3 Å². The molecule has 110 valence electrons. The Kier molecular flexibility index (Phi) is 4.95. The molecule has 0 radical (unpaired) electrons. The molecule has 2 N–H and O–H groups in total. The van der Waals surface area contributed by atoms with Crippen molar-refractivity contribution in [3.05, 3.63) is 28.8 Å². The number of nitriles is 1. The summed E-state index contributed by atoms with van der Waals surface area (Å²) in [5.41, 5.74) is -2.74. The molecule has 0 saturated heterocycles. The number of benzene rings is 1. The van der Waals surface area contributed by atoms with Gasteiger partial charge in [0, 0.05) is 5.69 Å². The van der Waals surface area contributed by atoms with Gasteiger partial charge in [-0.25, -0.2) is 17.6 Å². The molecule has 0 fully saturated rings. The number of aryl methyl sites for hydroxylation is 2. The van der Waals surface area contributed by atoms with Crippen molar-refractivity contribution < 1.29 is 22.7 Å². The van der Waals surface area contributed by atoms with Crippen LogP contribution in [0.15, 0.2) is 12.1 Å². The Morgan fingerprint density at radius 3 is 2.00 bits per heavy atom. The SMILES string of the molecule is Cc1cc(C(O)(C(F)F)C(F)F)cc(C)c1NCC#N. The maximum Gasteiger partial charge on any atom is 0.276 e. The van der Waals surface area contributed by atoms with E-state index >= 15 is 0 Å². The highest BCUT2D eigenvalue weighted by atomic mass is 19.3. The summed E-state index contributed by atoms with van der Waals surface area (Å²) in [6, 6.07) is 4.00. The standard InChI is InChI=1S/C13H14F4N2O/c1-7-5-9(13(20,11(14)15)12(16)17)6-8(2)10(7)19-4-3-18/h5-6,11-12,19-20H,4H2,1-2H3. The van der Waals surface area contributed by atoms with E-state index in [1.54, 1.807) is 0 Å². The minimum absolute atomic E-state index is 0.00497. The van der Waals surface area contributed by atoms with Crippen molar-refractivity contribution in [3.8, 4) is 6.07 Å². The normalized spacial score (nSPS) is 11.8. The van der Waals surface area contributed by atoms with Gasteiger partial charge < -0.3 is 10.4 Å². The third-order valence-corrected chi connectivity index (χ3v) is 3.00. The van der Waals surface area contributed by atoms with Gasteiger partial charge in [0.15, 0.2) is 0 Å². The fourth-order valence-corrected chi connectivity index (χ4v) is 1.95. The predicted octanol–water partition coefficient (Wildman–Crippen LogP) is 2.96. The Bertz CT molecular complexity index is 495. The van der Waals surface area contributed by atoms with Crippen molar-refractivity contribution in [2.75, 3.05) is 11.9 Å². The summed E-state index contributed by atoms with van der Waals surface area (Å²) in [5.74, 6) is 0. The average Bonchev–Trinajstić information content (AvgIpc) is 2.36. The molecular weight excluding hydrogens is 276 g/mol. The molecule has 0 aliphatic heterocycles. The lowest BCUT2D eigenvalue weighted by atomic mass is 9.91. The van der Waals surface area contributed by atoms with Crippen LogP contribution in [0.1, 0.15) is 16.7 Å². The van der Waals surface area contributed by atoms with E-state index < -0.39 is 24.0 Å². The zero-order valence-electron chi connectivity index (χ0n) is 10.9. The quantitative estimate of drug-likeness (QED) is 0.647. The van der Waals surface area contributed by atoms with E-state index in [1.807, 2.05) is 6.07 Å². The first-order valence-corrected chi connectivity index (χ1v) is 5.76. The number of hydrogen-bond acceptors (Lipinski definition) is 3. The topological polar surface area (TPSA) is 56.0 Å². The van der Waals surface area contributed by atoms with Crippen LogP contribution in [0.5, 0.6) is 0 Å². The van der Waals surface area contributed by atoms with Gasteiger partial charge in [-0.1, -0.05) is 12.1 Å². The van der Waals surface area contributed by atoms with Gasteiger partial charge in [0.2, 0.25) is 5.60 Å². The van der Waals surface area contributed by atoms with Crippen LogP contribution in [0.2, 0.25) is 0 Å². The third-order valence-electron chi connectivity index (χ3n) is 3.00. The first-order valence-electron chi connectivity index (χ1n) is 5.76. The second-order valence-electron chi connectivity index (χ2n) is 4.42. The van der Waals surface area contributed by atoms with Crippen molar-refractivity contribution in [1.82, 2.24) is 0 Å². The highest BCUT2D eigenvalue weighted by molar-refractivity contribution is 5.59. The monoisotopic (exact) mass is 290 g/mol. The van der Waals surface area contributed by atoms with Crippen LogP contribution in [-0.2, 0) is 5.60 Å². The number of halogens is 4. The van der Waals surface area contributed by atoms with Crippen LogP contribution in [-0.4, -0.2) is 24.5 Å². The molecule has 0 aliphatic rings. The van der Waals surface area contributed by atoms with Crippen molar-refractivity contribution >= 4 is 5.69 Å². The van der Waals surface area contributed by atoms with E-state index in [2.05, 4.69) is 5.32 Å². The average molecular weight is 290 g/mol. The molecule has 0 heterocycles. The summed E-state index contributed by atoms with van der Waals surface area (Å²) in [5, 5.41) is 20.8. The highest BCUT2D eigenvalue weighted by Gasteiger charge is 2.49. The maximum absolute atomic E-state index is 12.8. The van der Waals surface area contributed by atoms with Crippen molar-refractivity contribution in [1.29, 1.82) is 5.26 Å². The molecule has 1 aromatic carbocycles. The largest absolute Gasteiger partial charge is 0.374 e. The summed E-state index contributed by atoms with van der Waals surface area (Å²) < 4.78 is 51.2. The number of alkyl halides is 4. The van der Waals surface area contributed by atoms with Gasteiger partial charge in [-0.05, 0) is 30.5 Å². The van der Waals surface area contributed by atoms with E-state index in [9.17, 15) is 22.7 Å². The van der Waals surface area contributed by atoms with Crippen LogP contribution >= 0.6 is 0 Å². The molecule has 0 bridgehead atoms. The first kappa shape index (κ1) is 16.2. The second-order valence-corrected chi connectivity index (χ2v) is 4.42. The van der Waals surface area contributed by atoms with Gasteiger partial charge >= 0.3 is 0 Å². The second kappa shape index (κ2) is 6.09. The molecule has 0 aliphatic carbocycles. The van der Waals surface area contributed by atoms with Crippen LogP contribution in [0.25, 0.3) is 0 Å². The van der Waals surface area contributed by atoms with E-state index in [4.69, 9.17) is 5.26 Å². The summed E-state index contributed by atoms with van der Waals surface area (Å²) in [6.45, 7) is 3.04. The fraction of sp³-hybridized carbons (Fsp3) is 0.462. The number of anilines is 1. The molecule has 20 heavy (non-hydrogen) atoms. The van der Waals surface area contributed by atoms with Gasteiger partial charge in [-0.15, -0.1) is 0 Å².